The van der Waals surface area contributed by atoms with Gasteiger partial charge in [0.1, 0.15) is 23.0 Å². The van der Waals surface area contributed by atoms with Crippen molar-refractivity contribution in [2.75, 3.05) is 24.5 Å². The number of hydrogen-bond acceptors (Lipinski definition) is 7. The first-order valence-corrected chi connectivity index (χ1v) is 8.09. The van der Waals surface area contributed by atoms with Gasteiger partial charge >= 0.3 is 0 Å². The number of aryl methyl sites for hydroxylation is 1. The van der Waals surface area contributed by atoms with Crippen molar-refractivity contribution >= 4 is 11.7 Å². The molecule has 8 nitrogen and oxygen atoms in total. The van der Waals surface area contributed by atoms with Gasteiger partial charge in [0.2, 0.25) is 5.91 Å². The van der Waals surface area contributed by atoms with Crippen molar-refractivity contribution in [3.05, 3.63) is 35.5 Å². The highest BCUT2D eigenvalue weighted by molar-refractivity contribution is 5.78. The van der Waals surface area contributed by atoms with E-state index < -0.39 is 11.4 Å². The van der Waals surface area contributed by atoms with Gasteiger partial charge in [-0.05, 0) is 31.9 Å². The van der Waals surface area contributed by atoms with E-state index in [1.807, 2.05) is 4.90 Å². The first-order chi connectivity index (χ1) is 12.0. The first kappa shape index (κ1) is 17.3. The van der Waals surface area contributed by atoms with Crippen LogP contribution in [0.4, 0.5) is 10.2 Å². The lowest BCUT2D eigenvalue weighted by Gasteiger charge is -2.39. The molecule has 9 heteroatoms. The van der Waals surface area contributed by atoms with Crippen molar-refractivity contribution in [3.8, 4) is 0 Å². The average Bonchev–Trinajstić information content (AvgIpc) is 2.99. The number of amides is 1. The van der Waals surface area contributed by atoms with Gasteiger partial charge in [0.25, 0.3) is 0 Å². The van der Waals surface area contributed by atoms with Gasteiger partial charge in [-0.1, -0.05) is 10.3 Å². The van der Waals surface area contributed by atoms with Crippen LogP contribution in [0.5, 0.6) is 0 Å². The van der Waals surface area contributed by atoms with E-state index in [-0.39, 0.29) is 18.9 Å². The summed E-state index contributed by atoms with van der Waals surface area (Å²) >= 11 is 0. The number of carbonyl (C=O) groups is 1. The van der Waals surface area contributed by atoms with Crippen molar-refractivity contribution in [2.24, 2.45) is 0 Å². The molecule has 0 bridgehead atoms. The number of nitrogens with one attached hydrogen (secondary N) is 1. The molecule has 2 aromatic rings. The fraction of sp³-hybridized carbons (Fsp3) is 0.500. The van der Waals surface area contributed by atoms with Gasteiger partial charge in [-0.25, -0.2) is 14.0 Å². The fourth-order valence-corrected chi connectivity index (χ4v) is 2.89. The summed E-state index contributed by atoms with van der Waals surface area (Å²) in [7, 11) is 0. The van der Waals surface area contributed by atoms with E-state index in [0.717, 1.165) is 19.2 Å². The molecule has 2 aromatic heterocycles. The van der Waals surface area contributed by atoms with Crippen LogP contribution in [0.1, 0.15) is 24.2 Å². The Labute approximate surface area is 144 Å². The zero-order chi connectivity index (χ0) is 17.9. The normalized spacial score (nSPS) is 20.5. The molecule has 3 rings (SSSR count). The van der Waals surface area contributed by atoms with Crippen LogP contribution in [0.2, 0.25) is 0 Å². The van der Waals surface area contributed by atoms with E-state index >= 15 is 0 Å². The monoisotopic (exact) mass is 349 g/mol. The fourth-order valence-electron chi connectivity index (χ4n) is 2.89. The number of β-amino-alcohol motifs (C(OH)–C–C–N with tert-alkyl or cyclic N) is 1. The second-order valence-corrected chi connectivity index (χ2v) is 6.33. The highest BCUT2D eigenvalue weighted by Crippen LogP contribution is 2.24. The van der Waals surface area contributed by atoms with Crippen molar-refractivity contribution in [1.82, 2.24) is 20.6 Å². The van der Waals surface area contributed by atoms with E-state index in [0.29, 0.717) is 30.2 Å². The Hall–Kier alpha value is -2.55. The first-order valence-electron chi connectivity index (χ1n) is 8.09. The lowest BCUT2D eigenvalue weighted by Crippen LogP contribution is -2.54. The Kier molecular flexibility index (Phi) is 4.93. The van der Waals surface area contributed by atoms with Gasteiger partial charge < -0.3 is 15.3 Å². The summed E-state index contributed by atoms with van der Waals surface area (Å²) < 4.78 is 17.6. The van der Waals surface area contributed by atoms with Crippen molar-refractivity contribution in [3.63, 3.8) is 0 Å². The smallest absolute Gasteiger partial charge is 0.226 e. The van der Waals surface area contributed by atoms with E-state index in [1.54, 1.807) is 13.0 Å². The van der Waals surface area contributed by atoms with Crippen LogP contribution in [0.15, 0.2) is 23.0 Å². The summed E-state index contributed by atoms with van der Waals surface area (Å²) in [6, 6.07) is 2.92. The van der Waals surface area contributed by atoms with Crippen LogP contribution < -0.4 is 10.2 Å². The predicted molar refractivity (Wildman–Crippen MR) is 86.3 cm³/mol. The molecular weight excluding hydrogens is 329 g/mol. The van der Waals surface area contributed by atoms with E-state index in [4.69, 9.17) is 0 Å². The van der Waals surface area contributed by atoms with Gasteiger partial charge in [0.05, 0.1) is 18.2 Å². The van der Waals surface area contributed by atoms with Crippen LogP contribution in [-0.4, -0.2) is 51.5 Å². The standard InChI is InChI=1S/C16H20FN5O3/c1-11-13(21-25-20-11)7-15(23)19-9-16(24)5-2-6-22(10-16)14-4-3-12(17)8-18-14/h3-4,8,24H,2,5-7,9-10H2,1H3,(H,19,23)/t16-/m1/s1. The van der Waals surface area contributed by atoms with Crippen LogP contribution in [0.3, 0.4) is 0 Å². The Bertz CT molecular complexity index is 736. The Morgan fingerprint density at radius 2 is 2.32 bits per heavy atom. The zero-order valence-corrected chi connectivity index (χ0v) is 13.9. The van der Waals surface area contributed by atoms with Gasteiger partial charge in [-0.2, -0.15) is 0 Å². The van der Waals surface area contributed by atoms with E-state index in [2.05, 4.69) is 25.2 Å². The highest BCUT2D eigenvalue weighted by atomic mass is 19.1. The molecule has 1 amide bonds. The van der Waals surface area contributed by atoms with Gasteiger partial charge in [-0.3, -0.25) is 4.79 Å². The van der Waals surface area contributed by atoms with Gasteiger partial charge in [-0.15, -0.1) is 0 Å². The van der Waals surface area contributed by atoms with E-state index in [9.17, 15) is 14.3 Å². The highest BCUT2D eigenvalue weighted by Gasteiger charge is 2.34. The minimum Gasteiger partial charge on any atom is -0.386 e. The Morgan fingerprint density at radius 3 is 3.00 bits per heavy atom. The Balaban J connectivity index is 1.56. The van der Waals surface area contributed by atoms with Crippen LogP contribution in [-0.2, 0) is 11.2 Å². The lowest BCUT2D eigenvalue weighted by atomic mass is 9.92. The molecule has 1 aliphatic rings. The zero-order valence-electron chi connectivity index (χ0n) is 13.9. The number of halogens is 1. The van der Waals surface area contributed by atoms with Crippen LogP contribution in [0.25, 0.3) is 0 Å². The molecule has 0 saturated carbocycles. The second kappa shape index (κ2) is 7.14. The third-order valence-electron chi connectivity index (χ3n) is 4.28. The lowest BCUT2D eigenvalue weighted by molar-refractivity contribution is -0.121. The number of carbonyl (C=O) groups excluding carboxylic acids is 1. The molecule has 2 N–H and O–H groups in total. The van der Waals surface area contributed by atoms with Crippen LogP contribution >= 0.6 is 0 Å². The van der Waals surface area contributed by atoms with Crippen molar-refractivity contribution < 1.29 is 18.9 Å². The molecule has 1 aliphatic heterocycles. The maximum absolute atomic E-state index is 13.0. The van der Waals surface area contributed by atoms with Gasteiger partial charge in [0.15, 0.2) is 0 Å². The average molecular weight is 349 g/mol. The molecular formula is C16H20FN5O3. The molecule has 3 heterocycles. The third kappa shape index (κ3) is 4.30. The number of rotatable bonds is 5. The second-order valence-electron chi connectivity index (χ2n) is 6.33. The Morgan fingerprint density at radius 1 is 1.48 bits per heavy atom. The summed E-state index contributed by atoms with van der Waals surface area (Å²) in [5.41, 5.74) is -0.0217. The summed E-state index contributed by atoms with van der Waals surface area (Å²) in [5, 5.41) is 20.8. The minimum absolute atomic E-state index is 0.0502. The molecule has 0 radical (unpaired) electrons. The minimum atomic E-state index is -1.07. The third-order valence-corrected chi connectivity index (χ3v) is 4.28. The summed E-state index contributed by atoms with van der Waals surface area (Å²) in [5.74, 6) is -0.0553. The summed E-state index contributed by atoms with van der Waals surface area (Å²) in [6.07, 6.45) is 2.51. The molecule has 0 aromatic carbocycles. The number of piperidine rings is 1. The largest absolute Gasteiger partial charge is 0.386 e. The molecule has 134 valence electrons. The molecule has 0 spiro atoms. The quantitative estimate of drug-likeness (QED) is 0.814. The maximum Gasteiger partial charge on any atom is 0.226 e. The van der Waals surface area contributed by atoms with Crippen molar-refractivity contribution in [1.29, 1.82) is 0 Å². The molecule has 25 heavy (non-hydrogen) atoms. The molecule has 0 aliphatic carbocycles. The number of nitrogens with zero attached hydrogens (tertiary/aromatic N) is 4. The predicted octanol–water partition coefficient (Wildman–Crippen LogP) is 0.602. The van der Waals surface area contributed by atoms with E-state index in [1.165, 1.54) is 6.07 Å². The number of pyridine rings is 1. The molecule has 1 fully saturated rings. The topological polar surface area (TPSA) is 104 Å². The SMILES string of the molecule is Cc1nonc1CC(=O)NC[C@]1(O)CCCN(c2ccc(F)cn2)C1. The molecule has 1 saturated heterocycles. The molecule has 0 unspecified atom stereocenters. The maximum atomic E-state index is 13.0. The number of hydrogen-bond donors (Lipinski definition) is 2. The summed E-state index contributed by atoms with van der Waals surface area (Å²) in [6.45, 7) is 2.87. The summed E-state index contributed by atoms with van der Waals surface area (Å²) in [4.78, 5) is 18.0. The van der Waals surface area contributed by atoms with Crippen LogP contribution in [0, 0.1) is 12.7 Å². The number of anilines is 1. The van der Waals surface area contributed by atoms with Gasteiger partial charge in [0, 0.05) is 19.6 Å². The number of aromatic nitrogens is 3. The number of aliphatic hydroxyl groups is 1. The molecule has 1 atom stereocenters. The van der Waals surface area contributed by atoms with Crippen molar-refractivity contribution in [2.45, 2.75) is 31.8 Å².